The van der Waals surface area contributed by atoms with Crippen LogP contribution in [-0.2, 0) is 10.1 Å². The van der Waals surface area contributed by atoms with Crippen molar-refractivity contribution in [1.29, 1.82) is 0 Å². The minimum atomic E-state index is -4.76. The number of halogens is 5. The van der Waals surface area contributed by atoms with E-state index in [0.29, 0.717) is 6.07 Å². The van der Waals surface area contributed by atoms with Gasteiger partial charge < -0.3 is 4.55 Å². The standard InChI is InChI=1S/C16H11F5N2O3S.Na/c17-9-1-6-12(13(18)7-9)14-8-15(16(19,20)21)22-23(14)10-2-4-11(5-3-10)27(24,25)26;/h1-7,14H,8H2,(H,24,25,26);/q;+1/p-1. The van der Waals surface area contributed by atoms with Crippen molar-refractivity contribution in [1.82, 2.24) is 0 Å². The van der Waals surface area contributed by atoms with Crippen molar-refractivity contribution < 1.29 is 64.5 Å². The van der Waals surface area contributed by atoms with Gasteiger partial charge in [-0.2, -0.15) is 18.3 Å². The molecule has 0 fully saturated rings. The number of hydrazone groups is 1. The first-order valence-electron chi connectivity index (χ1n) is 7.41. The number of alkyl halides is 3. The van der Waals surface area contributed by atoms with Gasteiger partial charge in [0.2, 0.25) is 0 Å². The predicted octanol–water partition coefficient (Wildman–Crippen LogP) is 0.743. The minimum Gasteiger partial charge on any atom is -0.744 e. The van der Waals surface area contributed by atoms with Crippen LogP contribution in [0.5, 0.6) is 0 Å². The van der Waals surface area contributed by atoms with Crippen molar-refractivity contribution in [3.63, 3.8) is 0 Å². The molecule has 0 amide bonds. The molecule has 12 heteroatoms. The fourth-order valence-corrected chi connectivity index (χ4v) is 3.17. The van der Waals surface area contributed by atoms with Gasteiger partial charge in [0.25, 0.3) is 0 Å². The van der Waals surface area contributed by atoms with Crippen LogP contribution in [0.2, 0.25) is 0 Å². The summed E-state index contributed by atoms with van der Waals surface area (Å²) in [5.74, 6) is -1.93. The molecule has 0 aliphatic carbocycles. The molecule has 0 N–H and O–H groups in total. The summed E-state index contributed by atoms with van der Waals surface area (Å²) in [6.45, 7) is 0. The Labute approximate surface area is 178 Å². The van der Waals surface area contributed by atoms with E-state index in [1.807, 2.05) is 0 Å². The van der Waals surface area contributed by atoms with Gasteiger partial charge in [0.1, 0.15) is 27.5 Å². The van der Waals surface area contributed by atoms with E-state index in [-0.39, 0.29) is 40.8 Å². The molecule has 0 saturated carbocycles. The molecule has 144 valence electrons. The van der Waals surface area contributed by atoms with Gasteiger partial charge in [-0.3, -0.25) is 5.01 Å². The largest absolute Gasteiger partial charge is 1.00 e. The zero-order chi connectivity index (χ0) is 20.0. The second kappa shape index (κ2) is 8.07. The summed E-state index contributed by atoms with van der Waals surface area (Å²) in [6.07, 6.45) is -5.45. The van der Waals surface area contributed by atoms with Crippen molar-refractivity contribution in [2.24, 2.45) is 5.10 Å². The van der Waals surface area contributed by atoms with Crippen molar-refractivity contribution in [3.05, 3.63) is 59.7 Å². The van der Waals surface area contributed by atoms with Gasteiger partial charge >= 0.3 is 35.7 Å². The smallest absolute Gasteiger partial charge is 0.744 e. The molecule has 28 heavy (non-hydrogen) atoms. The summed E-state index contributed by atoms with van der Waals surface area (Å²) >= 11 is 0. The molecule has 2 aromatic rings. The molecule has 1 aliphatic rings. The van der Waals surface area contributed by atoms with Crippen LogP contribution in [0.25, 0.3) is 0 Å². The number of hydrogen-bond acceptors (Lipinski definition) is 5. The van der Waals surface area contributed by atoms with E-state index in [1.54, 1.807) is 0 Å². The Balaban J connectivity index is 0.00000280. The zero-order valence-electron chi connectivity index (χ0n) is 14.2. The monoisotopic (exact) mass is 428 g/mol. The molecule has 1 atom stereocenters. The Kier molecular flexibility index (Phi) is 6.56. The van der Waals surface area contributed by atoms with E-state index in [1.165, 1.54) is 0 Å². The number of hydrogen-bond donors (Lipinski definition) is 0. The molecule has 0 radical (unpaired) electrons. The Morgan fingerprint density at radius 3 is 2.18 bits per heavy atom. The molecular formula is C16H10F5N2NaO3S. The number of anilines is 1. The third-order valence-electron chi connectivity index (χ3n) is 3.95. The van der Waals surface area contributed by atoms with E-state index in [2.05, 4.69) is 5.10 Å². The van der Waals surface area contributed by atoms with Gasteiger partial charge in [0.05, 0.1) is 16.6 Å². The van der Waals surface area contributed by atoms with Gasteiger partial charge in [-0.25, -0.2) is 17.2 Å². The minimum absolute atomic E-state index is 0. The van der Waals surface area contributed by atoms with Crippen LogP contribution in [-0.4, -0.2) is 24.9 Å². The van der Waals surface area contributed by atoms with E-state index >= 15 is 0 Å². The molecule has 1 heterocycles. The summed E-state index contributed by atoms with van der Waals surface area (Å²) in [7, 11) is -4.74. The molecule has 0 spiro atoms. The van der Waals surface area contributed by atoms with Crippen molar-refractivity contribution in [3.8, 4) is 0 Å². The fraction of sp³-hybridized carbons (Fsp3) is 0.188. The van der Waals surface area contributed by atoms with Crippen LogP contribution < -0.4 is 34.6 Å². The van der Waals surface area contributed by atoms with Crippen LogP contribution in [0, 0.1) is 11.6 Å². The summed E-state index contributed by atoms with van der Waals surface area (Å²) < 4.78 is 99.5. The van der Waals surface area contributed by atoms with Crippen molar-refractivity contribution in [2.75, 3.05) is 5.01 Å². The molecule has 2 aromatic carbocycles. The molecule has 1 aliphatic heterocycles. The molecule has 0 bridgehead atoms. The van der Waals surface area contributed by atoms with Gasteiger partial charge in [0, 0.05) is 18.1 Å². The van der Waals surface area contributed by atoms with E-state index in [4.69, 9.17) is 0 Å². The summed E-state index contributed by atoms with van der Waals surface area (Å²) in [5, 5.41) is 4.34. The third kappa shape index (κ3) is 4.71. The predicted molar refractivity (Wildman–Crippen MR) is 84.1 cm³/mol. The number of benzene rings is 2. The average Bonchev–Trinajstić information content (AvgIpc) is 2.99. The van der Waals surface area contributed by atoms with Crippen LogP contribution in [0.3, 0.4) is 0 Å². The van der Waals surface area contributed by atoms with Crippen LogP contribution >= 0.6 is 0 Å². The first-order chi connectivity index (χ1) is 12.5. The molecule has 1 unspecified atom stereocenters. The second-order valence-electron chi connectivity index (χ2n) is 5.72. The summed E-state index contributed by atoms with van der Waals surface area (Å²) in [5.41, 5.74) is -1.37. The molecule has 0 aromatic heterocycles. The molecule has 5 nitrogen and oxygen atoms in total. The number of nitrogens with zero attached hydrogens (tertiary/aromatic N) is 2. The van der Waals surface area contributed by atoms with E-state index in [0.717, 1.165) is 41.4 Å². The van der Waals surface area contributed by atoms with Crippen LogP contribution in [0.1, 0.15) is 18.0 Å². The Bertz CT molecular complexity index is 1010. The van der Waals surface area contributed by atoms with Crippen LogP contribution in [0.4, 0.5) is 27.6 Å². The molecule has 0 saturated heterocycles. The van der Waals surface area contributed by atoms with Gasteiger partial charge in [0.15, 0.2) is 0 Å². The van der Waals surface area contributed by atoms with Gasteiger partial charge in [-0.1, -0.05) is 6.07 Å². The van der Waals surface area contributed by atoms with Crippen molar-refractivity contribution in [2.45, 2.75) is 23.5 Å². The maximum atomic E-state index is 14.1. The number of rotatable bonds is 3. The van der Waals surface area contributed by atoms with Gasteiger partial charge in [-0.05, 0) is 30.3 Å². The zero-order valence-corrected chi connectivity index (χ0v) is 17.1. The topological polar surface area (TPSA) is 72.8 Å². The first kappa shape index (κ1) is 22.8. The fourth-order valence-electron chi connectivity index (χ4n) is 2.70. The maximum Gasteiger partial charge on any atom is 1.00 e. The van der Waals surface area contributed by atoms with E-state index in [9.17, 15) is 34.9 Å². The third-order valence-corrected chi connectivity index (χ3v) is 4.80. The second-order valence-corrected chi connectivity index (χ2v) is 7.10. The quantitative estimate of drug-likeness (QED) is 0.411. The Morgan fingerprint density at radius 1 is 1.07 bits per heavy atom. The normalized spacial score (nSPS) is 17.3. The summed E-state index contributed by atoms with van der Waals surface area (Å²) in [4.78, 5) is -0.574. The van der Waals surface area contributed by atoms with Gasteiger partial charge in [-0.15, -0.1) is 0 Å². The van der Waals surface area contributed by atoms with E-state index < -0.39 is 51.0 Å². The van der Waals surface area contributed by atoms with Crippen molar-refractivity contribution >= 4 is 21.5 Å². The average molecular weight is 428 g/mol. The SMILES string of the molecule is O=S(=O)([O-])c1ccc(N2N=C(C(F)(F)F)CC2c2ccc(F)cc2F)cc1.[Na+]. The Hall–Kier alpha value is -1.53. The molecular weight excluding hydrogens is 418 g/mol. The Morgan fingerprint density at radius 2 is 1.68 bits per heavy atom. The first-order valence-corrected chi connectivity index (χ1v) is 8.82. The molecule has 3 rings (SSSR count). The van der Waals surface area contributed by atoms with Crippen LogP contribution in [0.15, 0.2) is 52.5 Å². The summed E-state index contributed by atoms with van der Waals surface area (Å²) in [6, 6.07) is 5.25. The maximum absolute atomic E-state index is 14.1.